The Labute approximate surface area is 130 Å². The molecule has 0 nitrogen and oxygen atoms in total. The summed E-state index contributed by atoms with van der Waals surface area (Å²) in [6.07, 6.45) is 4.25. The first-order valence-corrected chi connectivity index (χ1v) is 8.16. The van der Waals surface area contributed by atoms with Crippen molar-refractivity contribution in [3.05, 3.63) is 83.0 Å². The topological polar surface area (TPSA) is 0 Å². The number of halogens is 3. The van der Waals surface area contributed by atoms with Gasteiger partial charge in [-0.1, -0.05) is 0 Å². The van der Waals surface area contributed by atoms with Gasteiger partial charge < -0.3 is 0 Å². The Balaban J connectivity index is 2.06. The highest BCUT2D eigenvalue weighted by Gasteiger charge is 2.32. The maximum absolute atomic E-state index is 13.3. The normalized spacial score (nSPS) is 14.7. The molecule has 0 bridgehead atoms. The minimum atomic E-state index is -0.453. The highest BCUT2D eigenvalue weighted by molar-refractivity contribution is 8.00. The van der Waals surface area contributed by atoms with Gasteiger partial charge in [-0.25, -0.2) is 13.2 Å². The minimum Gasteiger partial charge on any atom is -0.212 e. The lowest BCUT2D eigenvalue weighted by Gasteiger charge is -2.13. The second-order valence-electron chi connectivity index (χ2n) is 4.96. The molecule has 0 unspecified atom stereocenters. The average Bonchev–Trinajstić information content (AvgIpc) is 2.53. The third-order valence-corrected chi connectivity index (χ3v) is 5.77. The summed E-state index contributed by atoms with van der Waals surface area (Å²) in [4.78, 5) is 2.95. The molecule has 0 N–H and O–H groups in total. The van der Waals surface area contributed by atoms with E-state index in [4.69, 9.17) is 0 Å². The molecule has 0 aliphatic heterocycles. The lowest BCUT2D eigenvalue weighted by Crippen LogP contribution is -2.09. The van der Waals surface area contributed by atoms with Gasteiger partial charge in [0.1, 0.15) is 22.4 Å². The van der Waals surface area contributed by atoms with E-state index in [1.807, 2.05) is 0 Å². The Morgan fingerprint density at radius 1 is 0.636 bits per heavy atom. The zero-order valence-electron chi connectivity index (χ0n) is 11.7. The molecule has 3 rings (SSSR count). The lowest BCUT2D eigenvalue weighted by atomic mass is 10.2. The fourth-order valence-electron chi connectivity index (χ4n) is 2.34. The fourth-order valence-corrected chi connectivity index (χ4v) is 4.55. The van der Waals surface area contributed by atoms with Gasteiger partial charge in [0.15, 0.2) is 9.79 Å². The van der Waals surface area contributed by atoms with Crippen molar-refractivity contribution in [1.82, 2.24) is 0 Å². The Hall–Kier alpha value is -1.94. The summed E-state index contributed by atoms with van der Waals surface area (Å²) >= 11 is 0. The first-order chi connectivity index (χ1) is 10.6. The van der Waals surface area contributed by atoms with Crippen molar-refractivity contribution < 1.29 is 13.2 Å². The van der Waals surface area contributed by atoms with Gasteiger partial charge in [-0.15, -0.1) is 0 Å². The van der Waals surface area contributed by atoms with Gasteiger partial charge in [0.05, 0.1) is 10.9 Å². The third kappa shape index (κ3) is 3.28. The Bertz CT molecular complexity index is 670. The molecule has 2 aromatic carbocycles. The molecule has 4 heteroatoms. The summed E-state index contributed by atoms with van der Waals surface area (Å²) in [6.45, 7) is 0. The van der Waals surface area contributed by atoms with E-state index in [1.54, 1.807) is 30.3 Å². The van der Waals surface area contributed by atoms with Gasteiger partial charge in [0, 0.05) is 12.8 Å². The second kappa shape index (κ2) is 6.44. The van der Waals surface area contributed by atoms with Crippen molar-refractivity contribution in [3.63, 3.8) is 0 Å². The fraction of sp³-hybridized carbons (Fsp3) is 0.111. The Morgan fingerprint density at radius 3 is 1.55 bits per heavy atom. The van der Waals surface area contributed by atoms with Crippen LogP contribution in [-0.4, -0.2) is 0 Å². The van der Waals surface area contributed by atoms with Crippen molar-refractivity contribution in [2.24, 2.45) is 0 Å². The second-order valence-corrected chi connectivity index (χ2v) is 7.04. The molecular weight excluding hydrogens is 305 g/mol. The summed E-state index contributed by atoms with van der Waals surface area (Å²) in [5.41, 5.74) is 0. The van der Waals surface area contributed by atoms with Crippen molar-refractivity contribution in [2.75, 3.05) is 0 Å². The average molecular weight is 319 g/mol. The number of benzene rings is 2. The van der Waals surface area contributed by atoms with Gasteiger partial charge in [0.25, 0.3) is 0 Å². The van der Waals surface area contributed by atoms with E-state index in [9.17, 15) is 13.2 Å². The van der Waals surface area contributed by atoms with Crippen LogP contribution in [0.25, 0.3) is 0 Å². The van der Waals surface area contributed by atoms with Crippen molar-refractivity contribution >= 4 is 10.9 Å². The molecule has 0 amide bonds. The Kier molecular flexibility index (Phi) is 4.39. The Morgan fingerprint density at radius 2 is 1.14 bits per heavy atom. The first kappa shape index (κ1) is 15.0. The molecule has 0 aromatic heterocycles. The number of rotatable bonds is 3. The maximum atomic E-state index is 13.3. The van der Waals surface area contributed by atoms with Crippen molar-refractivity contribution in [3.8, 4) is 0 Å². The van der Waals surface area contributed by atoms with E-state index < -0.39 is 10.9 Å². The van der Waals surface area contributed by atoms with Crippen LogP contribution < -0.4 is 0 Å². The van der Waals surface area contributed by atoms with Gasteiger partial charge >= 0.3 is 0 Å². The predicted octanol–water partition coefficient (Wildman–Crippen LogP) is 5.53. The SMILES string of the molecule is FC1=CC=C([S+](c2ccc(F)cc2)c2ccc(F)cc2)CC1. The number of hydrogen-bond donors (Lipinski definition) is 0. The van der Waals surface area contributed by atoms with E-state index in [0.717, 1.165) is 14.7 Å². The summed E-state index contributed by atoms with van der Waals surface area (Å²) < 4.78 is 39.6. The maximum Gasteiger partial charge on any atom is 0.166 e. The van der Waals surface area contributed by atoms with E-state index in [2.05, 4.69) is 0 Å². The molecule has 2 aromatic rings. The van der Waals surface area contributed by atoms with Crippen LogP contribution in [0.4, 0.5) is 13.2 Å². The smallest absolute Gasteiger partial charge is 0.166 e. The molecule has 22 heavy (non-hydrogen) atoms. The van der Waals surface area contributed by atoms with Crippen LogP contribution in [0.1, 0.15) is 12.8 Å². The van der Waals surface area contributed by atoms with Crippen LogP contribution in [0, 0.1) is 11.6 Å². The number of hydrogen-bond acceptors (Lipinski definition) is 0. The molecule has 1 aliphatic carbocycles. The van der Waals surface area contributed by atoms with Crippen molar-refractivity contribution in [2.45, 2.75) is 22.6 Å². The lowest BCUT2D eigenvalue weighted by molar-refractivity contribution is 0.586. The monoisotopic (exact) mass is 319 g/mol. The van der Waals surface area contributed by atoms with Crippen LogP contribution in [0.5, 0.6) is 0 Å². The van der Waals surface area contributed by atoms with E-state index in [0.29, 0.717) is 12.8 Å². The molecule has 0 saturated carbocycles. The molecular formula is C18H14F3S+. The molecule has 0 radical (unpaired) electrons. The van der Waals surface area contributed by atoms with Gasteiger partial charge in [-0.05, 0) is 60.7 Å². The zero-order chi connectivity index (χ0) is 15.5. The van der Waals surface area contributed by atoms with Crippen LogP contribution in [0.3, 0.4) is 0 Å². The molecule has 0 saturated heterocycles. The highest BCUT2D eigenvalue weighted by atomic mass is 32.2. The van der Waals surface area contributed by atoms with E-state index in [1.165, 1.54) is 30.3 Å². The summed E-state index contributed by atoms with van der Waals surface area (Å²) in [5.74, 6) is -0.726. The molecule has 0 atom stereocenters. The zero-order valence-corrected chi connectivity index (χ0v) is 12.5. The predicted molar refractivity (Wildman–Crippen MR) is 83.2 cm³/mol. The van der Waals surface area contributed by atoms with Crippen molar-refractivity contribution in [1.29, 1.82) is 0 Å². The third-order valence-electron chi connectivity index (χ3n) is 3.42. The largest absolute Gasteiger partial charge is 0.212 e. The number of allylic oxidation sites excluding steroid dienone is 4. The molecule has 112 valence electrons. The minimum absolute atomic E-state index is 0.134. The summed E-state index contributed by atoms with van der Waals surface area (Å²) in [6, 6.07) is 12.6. The highest BCUT2D eigenvalue weighted by Crippen LogP contribution is 2.35. The molecule has 0 heterocycles. The van der Waals surface area contributed by atoms with E-state index >= 15 is 0 Å². The summed E-state index contributed by atoms with van der Waals surface area (Å²) in [7, 11) is -0.453. The first-order valence-electron chi connectivity index (χ1n) is 6.94. The molecule has 0 spiro atoms. The molecule has 0 fully saturated rings. The van der Waals surface area contributed by atoms with E-state index in [-0.39, 0.29) is 17.5 Å². The summed E-state index contributed by atoms with van der Waals surface area (Å²) in [5, 5.41) is 0. The van der Waals surface area contributed by atoms with Gasteiger partial charge in [0.2, 0.25) is 0 Å². The van der Waals surface area contributed by atoms with Crippen LogP contribution in [0.15, 0.2) is 81.2 Å². The standard InChI is InChI=1S/C18H14F3S/c19-13-1-7-16(8-2-13)22(17-9-3-14(20)4-10-17)18-11-5-15(21)6-12-18/h1-5,7-11H,6,12H2/q+1. The van der Waals surface area contributed by atoms with Gasteiger partial charge in [-0.3, -0.25) is 0 Å². The van der Waals surface area contributed by atoms with Crippen LogP contribution in [0.2, 0.25) is 0 Å². The quantitative estimate of drug-likeness (QED) is 0.652. The van der Waals surface area contributed by atoms with Gasteiger partial charge in [-0.2, -0.15) is 0 Å². The van der Waals surface area contributed by atoms with Crippen LogP contribution in [-0.2, 0) is 10.9 Å². The van der Waals surface area contributed by atoms with Crippen LogP contribution >= 0.6 is 0 Å². The molecule has 1 aliphatic rings.